The molecule has 0 N–H and O–H groups in total. The van der Waals surface area contributed by atoms with Gasteiger partial charge in [0.2, 0.25) is 5.69 Å². The van der Waals surface area contributed by atoms with Crippen LogP contribution in [0.25, 0.3) is 11.3 Å². The summed E-state index contributed by atoms with van der Waals surface area (Å²) in [7, 11) is 2.12. The maximum absolute atomic E-state index is 2.34. The summed E-state index contributed by atoms with van der Waals surface area (Å²) in [5, 5.41) is 0. The van der Waals surface area contributed by atoms with Crippen LogP contribution < -0.4 is 4.57 Å². The number of pyridine rings is 1. The van der Waals surface area contributed by atoms with Crippen molar-refractivity contribution in [1.82, 2.24) is 0 Å². The lowest BCUT2D eigenvalue weighted by molar-refractivity contribution is -0.660. The van der Waals surface area contributed by atoms with E-state index in [1.165, 1.54) is 27.9 Å². The molecule has 0 saturated carbocycles. The molecule has 0 bridgehead atoms. The van der Waals surface area contributed by atoms with Crippen molar-refractivity contribution in [3.8, 4) is 11.3 Å². The SMILES string of the molecule is Cc1ccc(C)c(-c2cc(CC(C)C)cc[n+]2C)c1. The molecule has 1 heterocycles. The summed E-state index contributed by atoms with van der Waals surface area (Å²) < 4.78 is 2.21. The minimum atomic E-state index is 0.694. The molecule has 0 saturated heterocycles. The molecule has 0 aliphatic rings. The van der Waals surface area contributed by atoms with E-state index in [4.69, 9.17) is 0 Å². The zero-order valence-corrected chi connectivity index (χ0v) is 12.7. The molecular formula is C18H24N+. The van der Waals surface area contributed by atoms with Crippen LogP contribution in [-0.4, -0.2) is 0 Å². The van der Waals surface area contributed by atoms with Crippen molar-refractivity contribution >= 4 is 0 Å². The van der Waals surface area contributed by atoms with Gasteiger partial charge < -0.3 is 0 Å². The average molecular weight is 254 g/mol. The Balaban J connectivity index is 2.51. The van der Waals surface area contributed by atoms with Crippen LogP contribution in [0.15, 0.2) is 36.5 Å². The van der Waals surface area contributed by atoms with Crippen LogP contribution in [0.4, 0.5) is 0 Å². The number of hydrogen-bond donors (Lipinski definition) is 0. The second-order valence-electron chi connectivity index (χ2n) is 5.95. The second-order valence-corrected chi connectivity index (χ2v) is 5.95. The molecule has 1 aromatic heterocycles. The lowest BCUT2D eigenvalue weighted by atomic mass is 9.98. The van der Waals surface area contributed by atoms with Gasteiger partial charge in [-0.2, -0.15) is 0 Å². The molecule has 0 aliphatic heterocycles. The van der Waals surface area contributed by atoms with E-state index in [2.05, 4.69) is 75.8 Å². The van der Waals surface area contributed by atoms with Crippen molar-refractivity contribution in [1.29, 1.82) is 0 Å². The van der Waals surface area contributed by atoms with E-state index in [9.17, 15) is 0 Å². The van der Waals surface area contributed by atoms with E-state index in [1.54, 1.807) is 0 Å². The van der Waals surface area contributed by atoms with Crippen molar-refractivity contribution in [2.45, 2.75) is 34.1 Å². The van der Waals surface area contributed by atoms with Crippen LogP contribution in [0.5, 0.6) is 0 Å². The molecule has 1 nitrogen and oxygen atoms in total. The molecule has 2 aromatic rings. The smallest absolute Gasteiger partial charge is 0.201 e. The highest BCUT2D eigenvalue weighted by molar-refractivity contribution is 5.62. The fourth-order valence-electron chi connectivity index (χ4n) is 2.49. The number of hydrogen-bond acceptors (Lipinski definition) is 0. The molecule has 0 spiro atoms. The van der Waals surface area contributed by atoms with Crippen LogP contribution in [-0.2, 0) is 13.5 Å². The van der Waals surface area contributed by atoms with Gasteiger partial charge in [0.05, 0.1) is 0 Å². The first kappa shape index (κ1) is 13.8. The predicted octanol–water partition coefficient (Wildman–Crippen LogP) is 3.99. The minimum absolute atomic E-state index is 0.694. The third kappa shape index (κ3) is 3.23. The first-order valence-electron chi connectivity index (χ1n) is 7.03. The lowest BCUT2D eigenvalue weighted by Gasteiger charge is -2.09. The van der Waals surface area contributed by atoms with Gasteiger partial charge in [-0.15, -0.1) is 0 Å². The average Bonchev–Trinajstić information content (AvgIpc) is 2.34. The zero-order valence-electron chi connectivity index (χ0n) is 12.7. The summed E-state index contributed by atoms with van der Waals surface area (Å²) in [6, 6.07) is 11.2. The molecule has 0 radical (unpaired) electrons. The number of aryl methyl sites for hydroxylation is 3. The van der Waals surface area contributed by atoms with Gasteiger partial charge in [0, 0.05) is 17.7 Å². The van der Waals surface area contributed by atoms with Crippen molar-refractivity contribution in [2.24, 2.45) is 13.0 Å². The Morgan fingerprint density at radius 2 is 1.79 bits per heavy atom. The van der Waals surface area contributed by atoms with E-state index < -0.39 is 0 Å². The fourth-order valence-corrected chi connectivity index (χ4v) is 2.49. The molecular weight excluding hydrogens is 230 g/mol. The van der Waals surface area contributed by atoms with Gasteiger partial charge in [0.1, 0.15) is 7.05 Å². The van der Waals surface area contributed by atoms with Crippen LogP contribution in [0.2, 0.25) is 0 Å². The topological polar surface area (TPSA) is 3.88 Å². The third-order valence-electron chi connectivity index (χ3n) is 3.53. The Kier molecular flexibility index (Phi) is 4.04. The molecule has 1 heteroatoms. The summed E-state index contributed by atoms with van der Waals surface area (Å²) in [6.07, 6.45) is 3.31. The van der Waals surface area contributed by atoms with Crippen LogP contribution in [0.1, 0.15) is 30.5 Å². The van der Waals surface area contributed by atoms with Crippen LogP contribution in [0, 0.1) is 19.8 Å². The summed E-state index contributed by atoms with van der Waals surface area (Å²) in [5.74, 6) is 0.694. The minimum Gasteiger partial charge on any atom is -0.201 e. The number of rotatable bonds is 3. The Bertz CT molecular complexity index is 582. The van der Waals surface area contributed by atoms with E-state index in [1.807, 2.05) is 0 Å². The Hall–Kier alpha value is -1.63. The van der Waals surface area contributed by atoms with Crippen molar-refractivity contribution < 1.29 is 4.57 Å². The zero-order chi connectivity index (χ0) is 14.0. The molecule has 2 rings (SSSR count). The fraction of sp³-hybridized carbons (Fsp3) is 0.389. The number of nitrogens with zero attached hydrogens (tertiary/aromatic N) is 1. The molecule has 0 amide bonds. The number of aromatic nitrogens is 1. The van der Waals surface area contributed by atoms with E-state index >= 15 is 0 Å². The monoisotopic (exact) mass is 254 g/mol. The van der Waals surface area contributed by atoms with Crippen molar-refractivity contribution in [3.05, 3.63) is 53.2 Å². The molecule has 0 atom stereocenters. The number of benzene rings is 1. The molecule has 100 valence electrons. The van der Waals surface area contributed by atoms with Crippen molar-refractivity contribution in [3.63, 3.8) is 0 Å². The second kappa shape index (κ2) is 5.56. The first-order valence-corrected chi connectivity index (χ1v) is 7.03. The van der Waals surface area contributed by atoms with Gasteiger partial charge in [-0.05, 0) is 43.4 Å². The van der Waals surface area contributed by atoms with Gasteiger partial charge in [-0.25, -0.2) is 4.57 Å². The highest BCUT2D eigenvalue weighted by Gasteiger charge is 2.13. The van der Waals surface area contributed by atoms with E-state index in [0.29, 0.717) is 5.92 Å². The Morgan fingerprint density at radius 1 is 1.05 bits per heavy atom. The standard InChI is InChI=1S/C18H24N/c1-13(2)10-16-8-9-19(5)18(12-16)17-11-14(3)6-7-15(17)4/h6-9,11-13H,10H2,1-5H3/q+1. The Labute approximate surface area is 116 Å². The Morgan fingerprint density at radius 3 is 2.47 bits per heavy atom. The van der Waals surface area contributed by atoms with Gasteiger partial charge >= 0.3 is 0 Å². The van der Waals surface area contributed by atoms with Gasteiger partial charge in [0.25, 0.3) is 0 Å². The van der Waals surface area contributed by atoms with Gasteiger partial charge in [-0.3, -0.25) is 0 Å². The van der Waals surface area contributed by atoms with Crippen LogP contribution in [0.3, 0.4) is 0 Å². The maximum atomic E-state index is 2.34. The van der Waals surface area contributed by atoms with E-state index in [-0.39, 0.29) is 0 Å². The molecule has 0 unspecified atom stereocenters. The quantitative estimate of drug-likeness (QED) is 0.729. The van der Waals surface area contributed by atoms with Crippen LogP contribution >= 0.6 is 0 Å². The maximum Gasteiger partial charge on any atom is 0.212 e. The molecule has 0 fully saturated rings. The van der Waals surface area contributed by atoms with E-state index in [0.717, 1.165) is 6.42 Å². The largest absolute Gasteiger partial charge is 0.212 e. The predicted molar refractivity (Wildman–Crippen MR) is 81.1 cm³/mol. The van der Waals surface area contributed by atoms with Crippen molar-refractivity contribution in [2.75, 3.05) is 0 Å². The highest BCUT2D eigenvalue weighted by atomic mass is 14.9. The summed E-state index contributed by atoms with van der Waals surface area (Å²) in [6.45, 7) is 8.87. The lowest BCUT2D eigenvalue weighted by Crippen LogP contribution is -2.30. The normalized spacial score (nSPS) is 11.1. The first-order chi connectivity index (χ1) is 8.97. The molecule has 1 aromatic carbocycles. The van der Waals surface area contributed by atoms with Gasteiger partial charge in [-0.1, -0.05) is 31.5 Å². The van der Waals surface area contributed by atoms with Gasteiger partial charge in [0.15, 0.2) is 6.20 Å². The molecule has 19 heavy (non-hydrogen) atoms. The molecule has 0 aliphatic carbocycles. The summed E-state index contributed by atoms with van der Waals surface area (Å²) >= 11 is 0. The third-order valence-corrected chi connectivity index (χ3v) is 3.53. The summed E-state index contributed by atoms with van der Waals surface area (Å²) in [4.78, 5) is 0. The highest BCUT2D eigenvalue weighted by Crippen LogP contribution is 2.23. The summed E-state index contributed by atoms with van der Waals surface area (Å²) in [5.41, 5.74) is 6.72.